The Morgan fingerprint density at radius 3 is 3.21 bits per heavy atom. The highest BCUT2D eigenvalue weighted by Crippen LogP contribution is 2.17. The van der Waals surface area contributed by atoms with Gasteiger partial charge in [-0.2, -0.15) is 17.0 Å². The molecule has 0 radical (unpaired) electrons. The number of nitriles is 1. The number of ether oxygens (including phenoxy) is 1. The van der Waals surface area contributed by atoms with Crippen molar-refractivity contribution in [1.82, 2.24) is 5.32 Å². The fourth-order valence-corrected chi connectivity index (χ4v) is 3.09. The molecule has 1 aromatic rings. The van der Waals surface area contributed by atoms with Gasteiger partial charge in [-0.15, -0.1) is 0 Å². The second kappa shape index (κ2) is 7.39. The lowest BCUT2D eigenvalue weighted by molar-refractivity contribution is 0.104. The molecular weight excluding hydrogens is 260 g/mol. The van der Waals surface area contributed by atoms with E-state index >= 15 is 0 Å². The van der Waals surface area contributed by atoms with Crippen LogP contribution in [-0.2, 0) is 0 Å². The van der Waals surface area contributed by atoms with Crippen LogP contribution >= 0.6 is 11.8 Å². The molecule has 1 fully saturated rings. The number of benzene rings is 1. The zero-order chi connectivity index (χ0) is 13.5. The third-order valence-electron chi connectivity index (χ3n) is 2.98. The minimum atomic E-state index is -0.531. The first-order valence-electron chi connectivity index (χ1n) is 6.40. The van der Waals surface area contributed by atoms with E-state index in [-0.39, 0.29) is 6.61 Å². The van der Waals surface area contributed by atoms with Crippen LogP contribution in [0.3, 0.4) is 0 Å². The molecule has 19 heavy (non-hydrogen) atoms. The molecule has 0 bridgehead atoms. The highest BCUT2D eigenvalue weighted by atomic mass is 32.2. The number of hydrogen-bond acceptors (Lipinski definition) is 5. The first-order valence-corrected chi connectivity index (χ1v) is 7.55. The quantitative estimate of drug-likeness (QED) is 0.823. The number of aliphatic hydroxyl groups excluding tert-OH is 1. The lowest BCUT2D eigenvalue weighted by Gasteiger charge is -2.16. The fourth-order valence-electron chi connectivity index (χ4n) is 1.90. The topological polar surface area (TPSA) is 65.3 Å². The Kier molecular flexibility index (Phi) is 5.52. The van der Waals surface area contributed by atoms with Gasteiger partial charge in [0.2, 0.25) is 0 Å². The number of aliphatic hydroxyl groups is 1. The van der Waals surface area contributed by atoms with Gasteiger partial charge in [0.25, 0.3) is 0 Å². The Morgan fingerprint density at radius 2 is 2.47 bits per heavy atom. The highest BCUT2D eigenvalue weighted by molar-refractivity contribution is 7.99. The SMILES string of the molecule is N#Cc1cccc(OCC(O)CNC2CCSC2)c1. The Hall–Kier alpha value is -1.22. The second-order valence-electron chi connectivity index (χ2n) is 4.57. The van der Waals surface area contributed by atoms with E-state index in [0.29, 0.717) is 23.9 Å². The Balaban J connectivity index is 1.70. The summed E-state index contributed by atoms with van der Waals surface area (Å²) in [7, 11) is 0. The molecule has 102 valence electrons. The fraction of sp³-hybridized carbons (Fsp3) is 0.500. The molecule has 1 aromatic carbocycles. The molecule has 0 spiro atoms. The standard InChI is InChI=1S/C14H18N2O2S/c15-7-11-2-1-3-14(6-11)18-9-13(17)8-16-12-4-5-19-10-12/h1-3,6,12-13,16-17H,4-5,8-10H2. The van der Waals surface area contributed by atoms with E-state index in [4.69, 9.17) is 10.00 Å². The number of thioether (sulfide) groups is 1. The van der Waals surface area contributed by atoms with Gasteiger partial charge in [0.15, 0.2) is 0 Å². The summed E-state index contributed by atoms with van der Waals surface area (Å²) in [4.78, 5) is 0. The van der Waals surface area contributed by atoms with Crippen LogP contribution < -0.4 is 10.1 Å². The Labute approximate surface area is 117 Å². The summed E-state index contributed by atoms with van der Waals surface area (Å²) < 4.78 is 5.48. The summed E-state index contributed by atoms with van der Waals surface area (Å²) in [6.07, 6.45) is 0.638. The lowest BCUT2D eigenvalue weighted by Crippen LogP contribution is -2.37. The van der Waals surface area contributed by atoms with Crippen molar-refractivity contribution in [1.29, 1.82) is 5.26 Å². The zero-order valence-corrected chi connectivity index (χ0v) is 11.5. The molecule has 2 rings (SSSR count). The van der Waals surface area contributed by atoms with E-state index in [2.05, 4.69) is 11.4 Å². The average molecular weight is 278 g/mol. The van der Waals surface area contributed by atoms with Crippen molar-refractivity contribution in [3.8, 4) is 11.8 Å². The van der Waals surface area contributed by atoms with Crippen LogP contribution in [0.15, 0.2) is 24.3 Å². The summed E-state index contributed by atoms with van der Waals surface area (Å²) in [5, 5.41) is 22.0. The van der Waals surface area contributed by atoms with E-state index in [1.54, 1.807) is 24.3 Å². The molecule has 0 aliphatic carbocycles. The van der Waals surface area contributed by atoms with Gasteiger partial charge in [-0.25, -0.2) is 0 Å². The van der Waals surface area contributed by atoms with E-state index < -0.39 is 6.10 Å². The molecule has 1 heterocycles. The smallest absolute Gasteiger partial charge is 0.120 e. The van der Waals surface area contributed by atoms with Crippen molar-refractivity contribution in [2.24, 2.45) is 0 Å². The lowest BCUT2D eigenvalue weighted by atomic mass is 10.2. The van der Waals surface area contributed by atoms with E-state index in [9.17, 15) is 5.11 Å². The minimum Gasteiger partial charge on any atom is -0.491 e. The van der Waals surface area contributed by atoms with Crippen LogP contribution in [0.1, 0.15) is 12.0 Å². The van der Waals surface area contributed by atoms with Crippen LogP contribution in [-0.4, -0.2) is 41.9 Å². The molecule has 0 amide bonds. The molecule has 1 saturated heterocycles. The number of rotatable bonds is 6. The van der Waals surface area contributed by atoms with E-state index in [0.717, 1.165) is 5.75 Å². The van der Waals surface area contributed by atoms with E-state index in [1.807, 2.05) is 11.8 Å². The number of nitrogens with zero attached hydrogens (tertiary/aromatic N) is 1. The van der Waals surface area contributed by atoms with Gasteiger partial charge in [-0.3, -0.25) is 0 Å². The minimum absolute atomic E-state index is 0.238. The van der Waals surface area contributed by atoms with Gasteiger partial charge in [-0.05, 0) is 30.4 Å². The molecule has 2 N–H and O–H groups in total. The summed E-state index contributed by atoms with van der Waals surface area (Å²) in [5.41, 5.74) is 0.563. The molecule has 5 heteroatoms. The van der Waals surface area contributed by atoms with Crippen molar-refractivity contribution >= 4 is 11.8 Å². The molecule has 1 aliphatic rings. The normalized spacial score (nSPS) is 19.9. The largest absolute Gasteiger partial charge is 0.491 e. The average Bonchev–Trinajstić information content (AvgIpc) is 2.96. The maximum absolute atomic E-state index is 9.84. The predicted molar refractivity (Wildman–Crippen MR) is 76.4 cm³/mol. The van der Waals surface area contributed by atoms with Gasteiger partial charge in [0.1, 0.15) is 18.5 Å². The molecule has 1 aliphatic heterocycles. The van der Waals surface area contributed by atoms with Crippen LogP contribution in [0.2, 0.25) is 0 Å². The first kappa shape index (κ1) is 14.2. The molecule has 2 unspecified atom stereocenters. The maximum atomic E-state index is 9.84. The third-order valence-corrected chi connectivity index (χ3v) is 4.14. The van der Waals surface area contributed by atoms with Crippen molar-refractivity contribution in [2.75, 3.05) is 24.7 Å². The third kappa shape index (κ3) is 4.75. The van der Waals surface area contributed by atoms with Gasteiger partial charge in [-0.1, -0.05) is 6.07 Å². The number of nitrogens with one attached hydrogen (secondary N) is 1. The molecule has 4 nitrogen and oxygen atoms in total. The first-order chi connectivity index (χ1) is 9.28. The highest BCUT2D eigenvalue weighted by Gasteiger charge is 2.16. The van der Waals surface area contributed by atoms with Crippen molar-refractivity contribution in [3.63, 3.8) is 0 Å². The zero-order valence-electron chi connectivity index (χ0n) is 10.7. The molecule has 0 saturated carbocycles. The summed E-state index contributed by atoms with van der Waals surface area (Å²) >= 11 is 1.94. The summed E-state index contributed by atoms with van der Waals surface area (Å²) in [6, 6.07) is 9.53. The van der Waals surface area contributed by atoms with Crippen LogP contribution in [0.4, 0.5) is 0 Å². The van der Waals surface area contributed by atoms with Crippen LogP contribution in [0.5, 0.6) is 5.75 Å². The second-order valence-corrected chi connectivity index (χ2v) is 5.72. The monoisotopic (exact) mass is 278 g/mol. The Morgan fingerprint density at radius 1 is 1.58 bits per heavy atom. The van der Waals surface area contributed by atoms with Gasteiger partial charge in [0.05, 0.1) is 11.6 Å². The molecular formula is C14H18N2O2S. The molecule has 2 atom stereocenters. The Bertz CT molecular complexity index is 441. The van der Waals surface area contributed by atoms with Crippen molar-refractivity contribution in [2.45, 2.75) is 18.6 Å². The molecule has 0 aromatic heterocycles. The predicted octanol–water partition coefficient (Wildman–Crippen LogP) is 1.39. The maximum Gasteiger partial charge on any atom is 0.120 e. The van der Waals surface area contributed by atoms with E-state index in [1.165, 1.54) is 12.2 Å². The van der Waals surface area contributed by atoms with Gasteiger partial charge in [0, 0.05) is 18.3 Å². The summed E-state index contributed by atoms with van der Waals surface area (Å²) in [5.74, 6) is 2.94. The van der Waals surface area contributed by atoms with Crippen molar-refractivity contribution in [3.05, 3.63) is 29.8 Å². The van der Waals surface area contributed by atoms with Crippen LogP contribution in [0.25, 0.3) is 0 Å². The van der Waals surface area contributed by atoms with Crippen LogP contribution in [0, 0.1) is 11.3 Å². The number of hydrogen-bond donors (Lipinski definition) is 2. The van der Waals surface area contributed by atoms with Gasteiger partial charge < -0.3 is 15.2 Å². The van der Waals surface area contributed by atoms with Gasteiger partial charge >= 0.3 is 0 Å². The van der Waals surface area contributed by atoms with Crippen molar-refractivity contribution < 1.29 is 9.84 Å². The summed E-state index contributed by atoms with van der Waals surface area (Å²) in [6.45, 7) is 0.783.